The molecule has 0 bridgehead atoms. The average Bonchev–Trinajstić information content (AvgIpc) is 2.37. The molecule has 0 saturated heterocycles. The second-order valence-corrected chi connectivity index (χ2v) is 5.00. The second kappa shape index (κ2) is 5.86. The van der Waals surface area contributed by atoms with Gasteiger partial charge in [-0.15, -0.1) is 0 Å². The molecule has 0 aliphatic heterocycles. The molecule has 0 aliphatic carbocycles. The van der Waals surface area contributed by atoms with Gasteiger partial charge in [0.15, 0.2) is 0 Å². The minimum atomic E-state index is -0.247. The van der Waals surface area contributed by atoms with Crippen LogP contribution < -0.4 is 11.1 Å². The number of carbonyl (C=O) groups excluding carboxylic acids is 1. The van der Waals surface area contributed by atoms with Crippen molar-refractivity contribution in [3.05, 3.63) is 58.1 Å². The lowest BCUT2D eigenvalue weighted by Gasteiger charge is -2.07. The number of anilines is 2. The van der Waals surface area contributed by atoms with Crippen LogP contribution in [-0.4, -0.2) is 11.0 Å². The van der Waals surface area contributed by atoms with Gasteiger partial charge in [-0.05, 0) is 35.9 Å². The van der Waals surface area contributed by atoms with E-state index in [9.17, 15) is 4.79 Å². The summed E-state index contributed by atoms with van der Waals surface area (Å²) in [5, 5.41) is 11.8. The lowest BCUT2D eigenvalue weighted by molar-refractivity contribution is 0.102. The Morgan fingerprint density at radius 3 is 2.74 bits per heavy atom. The van der Waals surface area contributed by atoms with Gasteiger partial charge in [-0.3, -0.25) is 4.79 Å². The molecular formula is C14H13BrN2O2. The summed E-state index contributed by atoms with van der Waals surface area (Å²) in [5.41, 5.74) is 8.06. The van der Waals surface area contributed by atoms with Crippen LogP contribution in [0, 0.1) is 0 Å². The Hall–Kier alpha value is -1.85. The number of amides is 1. The van der Waals surface area contributed by atoms with E-state index in [4.69, 9.17) is 10.8 Å². The first-order chi connectivity index (χ1) is 9.08. The number of benzene rings is 2. The number of nitrogens with two attached hydrogens (primary N) is 1. The van der Waals surface area contributed by atoms with E-state index in [1.54, 1.807) is 42.5 Å². The highest BCUT2D eigenvalue weighted by molar-refractivity contribution is 9.10. The third-order valence-corrected chi connectivity index (χ3v) is 3.01. The smallest absolute Gasteiger partial charge is 0.255 e. The molecule has 0 radical (unpaired) electrons. The van der Waals surface area contributed by atoms with E-state index >= 15 is 0 Å². The quantitative estimate of drug-likeness (QED) is 0.761. The Bertz CT molecular complexity index is 594. The molecule has 0 unspecified atom stereocenters. The largest absolute Gasteiger partial charge is 0.399 e. The summed E-state index contributed by atoms with van der Waals surface area (Å²) in [7, 11) is 0. The van der Waals surface area contributed by atoms with Crippen LogP contribution in [0.1, 0.15) is 15.9 Å². The van der Waals surface area contributed by atoms with Crippen molar-refractivity contribution in [2.75, 3.05) is 11.1 Å². The Morgan fingerprint density at radius 1 is 1.26 bits per heavy atom. The van der Waals surface area contributed by atoms with E-state index in [0.29, 0.717) is 16.9 Å². The fourth-order valence-electron chi connectivity index (χ4n) is 1.69. The lowest BCUT2D eigenvalue weighted by atomic mass is 10.1. The Labute approximate surface area is 119 Å². The minimum Gasteiger partial charge on any atom is -0.399 e. The average molecular weight is 321 g/mol. The molecule has 2 aromatic rings. The lowest BCUT2D eigenvalue weighted by Crippen LogP contribution is -2.12. The molecule has 0 aliphatic rings. The summed E-state index contributed by atoms with van der Waals surface area (Å²) in [6.45, 7) is -0.0620. The Kier molecular flexibility index (Phi) is 4.19. The zero-order valence-electron chi connectivity index (χ0n) is 10.1. The third kappa shape index (κ3) is 3.56. The number of nitrogen functional groups attached to an aromatic ring is 1. The van der Waals surface area contributed by atoms with E-state index in [1.807, 2.05) is 0 Å². The third-order valence-electron chi connectivity index (χ3n) is 2.55. The fourth-order valence-corrected chi connectivity index (χ4v) is 2.21. The number of hydrogen-bond acceptors (Lipinski definition) is 3. The first-order valence-electron chi connectivity index (χ1n) is 5.65. The topological polar surface area (TPSA) is 75.4 Å². The number of rotatable bonds is 3. The summed E-state index contributed by atoms with van der Waals surface area (Å²) < 4.78 is 0.752. The van der Waals surface area contributed by atoms with Gasteiger partial charge in [-0.2, -0.15) is 0 Å². The first-order valence-corrected chi connectivity index (χ1v) is 6.45. The molecule has 2 rings (SSSR count). The molecule has 98 valence electrons. The van der Waals surface area contributed by atoms with Crippen LogP contribution in [0.15, 0.2) is 46.9 Å². The van der Waals surface area contributed by atoms with Gasteiger partial charge in [-0.25, -0.2) is 0 Å². The molecule has 5 heteroatoms. The van der Waals surface area contributed by atoms with Crippen molar-refractivity contribution >= 4 is 33.2 Å². The van der Waals surface area contributed by atoms with Crippen LogP contribution in [0.4, 0.5) is 11.4 Å². The van der Waals surface area contributed by atoms with E-state index in [-0.39, 0.29) is 12.5 Å². The number of halogens is 1. The van der Waals surface area contributed by atoms with Gasteiger partial charge in [0, 0.05) is 21.4 Å². The maximum atomic E-state index is 12.1. The highest BCUT2D eigenvalue weighted by Crippen LogP contribution is 2.19. The van der Waals surface area contributed by atoms with Crippen molar-refractivity contribution in [2.45, 2.75) is 6.61 Å². The maximum Gasteiger partial charge on any atom is 0.255 e. The van der Waals surface area contributed by atoms with Crippen LogP contribution in [0.3, 0.4) is 0 Å². The molecule has 1 amide bonds. The zero-order chi connectivity index (χ0) is 13.8. The summed E-state index contributed by atoms with van der Waals surface area (Å²) in [6, 6.07) is 12.1. The molecule has 0 spiro atoms. The monoisotopic (exact) mass is 320 g/mol. The van der Waals surface area contributed by atoms with Crippen LogP contribution in [0.25, 0.3) is 0 Å². The number of hydrogen-bond donors (Lipinski definition) is 3. The first kappa shape index (κ1) is 13.6. The zero-order valence-corrected chi connectivity index (χ0v) is 11.6. The second-order valence-electron chi connectivity index (χ2n) is 4.09. The maximum absolute atomic E-state index is 12.1. The van der Waals surface area contributed by atoms with E-state index in [1.165, 1.54) is 0 Å². The number of carbonyl (C=O) groups is 1. The standard InChI is InChI=1S/C14H13BrN2O2/c15-11-5-10(6-12(16)7-11)14(19)17-13-3-1-2-9(4-13)8-18/h1-7,18H,8,16H2,(H,17,19). The van der Waals surface area contributed by atoms with Gasteiger partial charge in [-0.1, -0.05) is 28.1 Å². The molecule has 0 aromatic heterocycles. The molecule has 2 aromatic carbocycles. The highest BCUT2D eigenvalue weighted by Gasteiger charge is 2.08. The van der Waals surface area contributed by atoms with E-state index in [2.05, 4.69) is 21.2 Å². The van der Waals surface area contributed by atoms with Gasteiger partial charge < -0.3 is 16.2 Å². The molecule has 0 fully saturated rings. The number of aliphatic hydroxyl groups excluding tert-OH is 1. The Balaban J connectivity index is 2.20. The molecule has 4 N–H and O–H groups in total. The Morgan fingerprint density at radius 2 is 2.05 bits per heavy atom. The van der Waals surface area contributed by atoms with Crippen molar-refractivity contribution in [1.82, 2.24) is 0 Å². The van der Waals surface area contributed by atoms with Crippen molar-refractivity contribution in [2.24, 2.45) is 0 Å². The molecule has 0 saturated carbocycles. The molecule has 19 heavy (non-hydrogen) atoms. The van der Waals surface area contributed by atoms with Gasteiger partial charge in [0.2, 0.25) is 0 Å². The summed E-state index contributed by atoms with van der Waals surface area (Å²) in [5.74, 6) is -0.247. The van der Waals surface area contributed by atoms with Crippen molar-refractivity contribution in [1.29, 1.82) is 0 Å². The molecular weight excluding hydrogens is 308 g/mol. The van der Waals surface area contributed by atoms with Gasteiger partial charge in [0.1, 0.15) is 0 Å². The van der Waals surface area contributed by atoms with Gasteiger partial charge >= 0.3 is 0 Å². The van der Waals surface area contributed by atoms with Crippen molar-refractivity contribution in [3.63, 3.8) is 0 Å². The summed E-state index contributed by atoms with van der Waals surface area (Å²) in [4.78, 5) is 12.1. The van der Waals surface area contributed by atoms with E-state index in [0.717, 1.165) is 10.0 Å². The highest BCUT2D eigenvalue weighted by atomic mass is 79.9. The minimum absolute atomic E-state index is 0.0620. The number of aliphatic hydroxyl groups is 1. The van der Waals surface area contributed by atoms with Crippen LogP contribution in [0.2, 0.25) is 0 Å². The molecule has 0 heterocycles. The van der Waals surface area contributed by atoms with E-state index < -0.39 is 0 Å². The normalized spacial score (nSPS) is 10.2. The van der Waals surface area contributed by atoms with Gasteiger partial charge in [0.05, 0.1) is 6.61 Å². The van der Waals surface area contributed by atoms with Crippen LogP contribution in [0.5, 0.6) is 0 Å². The van der Waals surface area contributed by atoms with Gasteiger partial charge in [0.25, 0.3) is 5.91 Å². The molecule has 0 atom stereocenters. The van der Waals surface area contributed by atoms with Crippen LogP contribution >= 0.6 is 15.9 Å². The summed E-state index contributed by atoms with van der Waals surface area (Å²) >= 11 is 3.30. The number of nitrogens with one attached hydrogen (secondary N) is 1. The fraction of sp³-hybridized carbons (Fsp3) is 0.0714. The van der Waals surface area contributed by atoms with Crippen LogP contribution in [-0.2, 0) is 6.61 Å². The predicted molar refractivity (Wildman–Crippen MR) is 78.9 cm³/mol. The summed E-state index contributed by atoms with van der Waals surface area (Å²) in [6.07, 6.45) is 0. The SMILES string of the molecule is Nc1cc(Br)cc(C(=O)Nc2cccc(CO)c2)c1. The van der Waals surface area contributed by atoms with Crippen molar-refractivity contribution < 1.29 is 9.90 Å². The van der Waals surface area contributed by atoms with Crippen molar-refractivity contribution in [3.8, 4) is 0 Å². The molecule has 4 nitrogen and oxygen atoms in total. The predicted octanol–water partition coefficient (Wildman–Crippen LogP) is 2.78.